The van der Waals surface area contributed by atoms with E-state index in [1.807, 2.05) is 0 Å². The van der Waals surface area contributed by atoms with Gasteiger partial charge in [-0.05, 0) is 25.0 Å². The van der Waals surface area contributed by atoms with Gasteiger partial charge in [-0.2, -0.15) is 0 Å². The van der Waals surface area contributed by atoms with Gasteiger partial charge in [-0.3, -0.25) is 14.4 Å². The van der Waals surface area contributed by atoms with E-state index in [0.29, 0.717) is 16.7 Å². The number of aromatic amines is 1. The van der Waals surface area contributed by atoms with Crippen molar-refractivity contribution in [3.63, 3.8) is 0 Å². The van der Waals surface area contributed by atoms with Crippen molar-refractivity contribution in [2.45, 2.75) is 25.7 Å². The Morgan fingerprint density at radius 2 is 1.96 bits per heavy atom. The molecule has 2 heterocycles. The second kappa shape index (κ2) is 7.25. The molecule has 7 nitrogen and oxygen atoms in total. The number of esters is 1. The fourth-order valence-corrected chi connectivity index (χ4v) is 2.75. The molecule has 0 atom stereocenters. The highest BCUT2D eigenvalue weighted by Crippen LogP contribution is 2.08. The van der Waals surface area contributed by atoms with Gasteiger partial charge in [0, 0.05) is 19.5 Å². The molecule has 0 bridgehead atoms. The number of benzene rings is 1. The summed E-state index contributed by atoms with van der Waals surface area (Å²) in [6, 6.07) is 7.02. The lowest BCUT2D eigenvalue weighted by atomic mass is 10.2. The van der Waals surface area contributed by atoms with Crippen LogP contribution >= 0.6 is 0 Å². The number of carbonyl (C=O) groups is 2. The van der Waals surface area contributed by atoms with Gasteiger partial charge in [0.25, 0.3) is 11.5 Å². The predicted octanol–water partition coefficient (Wildman–Crippen LogP) is 1.02. The monoisotopic (exact) mass is 329 g/mol. The Morgan fingerprint density at radius 1 is 1.21 bits per heavy atom. The molecule has 3 rings (SSSR count). The molecule has 24 heavy (non-hydrogen) atoms. The molecule has 1 fully saturated rings. The van der Waals surface area contributed by atoms with Crippen LogP contribution in [-0.4, -0.2) is 46.4 Å². The van der Waals surface area contributed by atoms with Gasteiger partial charge in [0.05, 0.1) is 17.3 Å². The number of likely N-dealkylation sites (tertiary alicyclic amines) is 1. The summed E-state index contributed by atoms with van der Waals surface area (Å²) in [5.41, 5.74) is 0.363. The molecule has 0 aliphatic carbocycles. The largest absolute Gasteiger partial charge is 0.456 e. The Bertz CT molecular complexity index is 809. The van der Waals surface area contributed by atoms with E-state index in [-0.39, 0.29) is 30.9 Å². The van der Waals surface area contributed by atoms with Crippen molar-refractivity contribution in [2.75, 3.05) is 19.7 Å². The van der Waals surface area contributed by atoms with Crippen LogP contribution in [-0.2, 0) is 20.7 Å². The van der Waals surface area contributed by atoms with Gasteiger partial charge < -0.3 is 14.6 Å². The van der Waals surface area contributed by atoms with Gasteiger partial charge in [-0.15, -0.1) is 0 Å². The Morgan fingerprint density at radius 3 is 2.75 bits per heavy atom. The highest BCUT2D eigenvalue weighted by atomic mass is 16.5. The lowest BCUT2D eigenvalue weighted by Gasteiger charge is -2.14. The van der Waals surface area contributed by atoms with E-state index in [1.165, 1.54) is 0 Å². The fourth-order valence-electron chi connectivity index (χ4n) is 2.75. The number of amides is 1. The van der Waals surface area contributed by atoms with Crippen molar-refractivity contribution < 1.29 is 14.3 Å². The molecule has 1 aliphatic rings. The SMILES string of the molecule is O=C(CCc1nc2ccccc2c(=O)[nH]1)OCC(=O)N1CCCC1. The maximum Gasteiger partial charge on any atom is 0.306 e. The van der Waals surface area contributed by atoms with Crippen LogP contribution in [0.1, 0.15) is 25.1 Å². The van der Waals surface area contributed by atoms with Crippen LogP contribution in [0.5, 0.6) is 0 Å². The van der Waals surface area contributed by atoms with E-state index < -0.39 is 5.97 Å². The van der Waals surface area contributed by atoms with E-state index in [1.54, 1.807) is 29.2 Å². The minimum absolute atomic E-state index is 0.0640. The molecule has 7 heteroatoms. The number of nitrogens with zero attached hydrogens (tertiary/aromatic N) is 2. The summed E-state index contributed by atoms with van der Waals surface area (Å²) < 4.78 is 5.01. The lowest BCUT2D eigenvalue weighted by molar-refractivity contribution is -0.151. The topological polar surface area (TPSA) is 92.4 Å². The Hall–Kier alpha value is -2.70. The standard InChI is InChI=1S/C17H19N3O4/c21-15(20-9-3-4-10-20)11-24-16(22)8-7-14-18-13-6-2-1-5-12(13)17(23)19-14/h1-2,5-6H,3-4,7-11H2,(H,18,19,23). The number of ether oxygens (including phenoxy) is 1. The molecule has 1 saturated heterocycles. The van der Waals surface area contributed by atoms with Gasteiger partial charge in [-0.1, -0.05) is 12.1 Å². The van der Waals surface area contributed by atoms with Crippen molar-refractivity contribution >= 4 is 22.8 Å². The normalized spacial score (nSPS) is 14.1. The van der Waals surface area contributed by atoms with Crippen LogP contribution in [0.25, 0.3) is 10.9 Å². The number of hydrogen-bond acceptors (Lipinski definition) is 5. The second-order valence-electron chi connectivity index (χ2n) is 5.78. The predicted molar refractivity (Wildman–Crippen MR) is 87.5 cm³/mol. The maximum atomic E-state index is 11.9. The Labute approximate surface area is 138 Å². The zero-order chi connectivity index (χ0) is 16.9. The lowest BCUT2D eigenvalue weighted by Crippen LogP contribution is -2.32. The molecule has 0 radical (unpaired) electrons. The third kappa shape index (κ3) is 3.79. The molecule has 0 spiro atoms. The Kier molecular flexibility index (Phi) is 4.88. The van der Waals surface area contributed by atoms with Gasteiger partial charge in [-0.25, -0.2) is 4.98 Å². The van der Waals surface area contributed by atoms with Crippen molar-refractivity contribution in [1.29, 1.82) is 0 Å². The molecule has 1 amide bonds. The summed E-state index contributed by atoms with van der Waals surface area (Å²) in [5.74, 6) is -0.196. The number of aryl methyl sites for hydroxylation is 1. The van der Waals surface area contributed by atoms with Gasteiger partial charge in [0.15, 0.2) is 6.61 Å². The van der Waals surface area contributed by atoms with E-state index in [2.05, 4.69) is 9.97 Å². The first-order chi connectivity index (χ1) is 11.6. The first-order valence-electron chi connectivity index (χ1n) is 8.05. The molecule has 0 unspecified atom stereocenters. The van der Waals surface area contributed by atoms with Crippen LogP contribution < -0.4 is 5.56 Å². The van der Waals surface area contributed by atoms with Crippen LogP contribution in [0, 0.1) is 0 Å². The van der Waals surface area contributed by atoms with Crippen LogP contribution in [0.15, 0.2) is 29.1 Å². The first-order valence-corrected chi connectivity index (χ1v) is 8.05. The molecule has 1 N–H and O–H groups in total. The molecule has 2 aromatic rings. The summed E-state index contributed by atoms with van der Waals surface area (Å²) in [6.45, 7) is 1.25. The van der Waals surface area contributed by atoms with Crippen LogP contribution in [0.4, 0.5) is 0 Å². The maximum absolute atomic E-state index is 11.9. The third-order valence-electron chi connectivity index (χ3n) is 4.04. The van der Waals surface area contributed by atoms with Crippen molar-refractivity contribution in [3.8, 4) is 0 Å². The third-order valence-corrected chi connectivity index (χ3v) is 4.04. The Balaban J connectivity index is 1.52. The number of fused-ring (bicyclic) bond motifs is 1. The summed E-state index contributed by atoms with van der Waals surface area (Å²) in [7, 11) is 0. The molecule has 1 aliphatic heterocycles. The molecular formula is C17H19N3O4. The van der Waals surface area contributed by atoms with Crippen LogP contribution in [0.3, 0.4) is 0 Å². The van der Waals surface area contributed by atoms with E-state index in [4.69, 9.17) is 4.74 Å². The quantitative estimate of drug-likeness (QED) is 0.827. The highest BCUT2D eigenvalue weighted by molar-refractivity contribution is 5.81. The fraction of sp³-hybridized carbons (Fsp3) is 0.412. The first kappa shape index (κ1) is 16.2. The molecule has 1 aromatic heterocycles. The zero-order valence-corrected chi connectivity index (χ0v) is 13.3. The number of para-hydroxylation sites is 1. The summed E-state index contributed by atoms with van der Waals surface area (Å²) in [5, 5.41) is 0.514. The van der Waals surface area contributed by atoms with Crippen molar-refractivity contribution in [2.24, 2.45) is 0 Å². The van der Waals surface area contributed by atoms with Crippen molar-refractivity contribution in [1.82, 2.24) is 14.9 Å². The van der Waals surface area contributed by atoms with E-state index in [0.717, 1.165) is 25.9 Å². The van der Waals surface area contributed by atoms with Gasteiger partial charge in [0.1, 0.15) is 5.82 Å². The average molecular weight is 329 g/mol. The van der Waals surface area contributed by atoms with E-state index >= 15 is 0 Å². The average Bonchev–Trinajstić information content (AvgIpc) is 3.12. The minimum Gasteiger partial charge on any atom is -0.456 e. The smallest absolute Gasteiger partial charge is 0.306 e. The molecular weight excluding hydrogens is 310 g/mol. The molecule has 1 aromatic carbocycles. The second-order valence-corrected chi connectivity index (χ2v) is 5.78. The van der Waals surface area contributed by atoms with Crippen LogP contribution in [0.2, 0.25) is 0 Å². The van der Waals surface area contributed by atoms with Gasteiger partial charge in [0.2, 0.25) is 0 Å². The number of aromatic nitrogens is 2. The summed E-state index contributed by atoms with van der Waals surface area (Å²) in [4.78, 5) is 44.2. The highest BCUT2D eigenvalue weighted by Gasteiger charge is 2.19. The number of hydrogen-bond donors (Lipinski definition) is 1. The van der Waals surface area contributed by atoms with E-state index in [9.17, 15) is 14.4 Å². The molecule has 0 saturated carbocycles. The van der Waals surface area contributed by atoms with Crippen molar-refractivity contribution in [3.05, 3.63) is 40.4 Å². The zero-order valence-electron chi connectivity index (χ0n) is 13.3. The number of rotatable bonds is 5. The minimum atomic E-state index is -0.474. The number of carbonyl (C=O) groups excluding carboxylic acids is 2. The van der Waals surface area contributed by atoms with Gasteiger partial charge >= 0.3 is 5.97 Å². The summed E-state index contributed by atoms with van der Waals surface area (Å²) >= 11 is 0. The number of nitrogens with one attached hydrogen (secondary N) is 1. The number of H-pyrrole nitrogens is 1. The molecule has 126 valence electrons. The summed E-state index contributed by atoms with van der Waals surface area (Å²) in [6.07, 6.45) is 2.33.